The van der Waals surface area contributed by atoms with E-state index < -0.39 is 0 Å². The van der Waals surface area contributed by atoms with Gasteiger partial charge in [-0.2, -0.15) is 0 Å². The number of anilines is 1. The molecule has 0 fully saturated rings. The summed E-state index contributed by atoms with van der Waals surface area (Å²) in [6.45, 7) is 4.43. The van der Waals surface area contributed by atoms with Crippen molar-refractivity contribution in [3.8, 4) is 0 Å². The number of imidazole rings is 1. The van der Waals surface area contributed by atoms with E-state index in [9.17, 15) is 4.79 Å². The molecule has 0 radical (unpaired) electrons. The van der Waals surface area contributed by atoms with Gasteiger partial charge in [-0.05, 0) is 55.4 Å². The fraction of sp³-hybridized carbons (Fsp3) is 0.350. The van der Waals surface area contributed by atoms with Gasteiger partial charge in [0.15, 0.2) is 0 Å². The monoisotopic (exact) mass is 379 g/mol. The molecule has 6 nitrogen and oxygen atoms in total. The molecule has 3 aromatic heterocycles. The first-order valence-electron chi connectivity index (χ1n) is 9.32. The molecular formula is C20H21N5OS. The molecule has 0 bridgehead atoms. The lowest BCUT2D eigenvalue weighted by molar-refractivity contribution is 0.509. The van der Waals surface area contributed by atoms with Crippen LogP contribution in [0.3, 0.4) is 0 Å². The molecule has 0 saturated heterocycles. The van der Waals surface area contributed by atoms with Crippen molar-refractivity contribution in [1.82, 2.24) is 19.9 Å². The van der Waals surface area contributed by atoms with Gasteiger partial charge in [-0.1, -0.05) is 13.0 Å². The lowest BCUT2D eigenvalue weighted by Crippen LogP contribution is -2.11. The maximum Gasteiger partial charge on any atom is 0.323 e. The van der Waals surface area contributed by atoms with Gasteiger partial charge in [0.25, 0.3) is 0 Å². The third-order valence-electron chi connectivity index (χ3n) is 5.48. The van der Waals surface area contributed by atoms with E-state index in [0.717, 1.165) is 46.0 Å². The minimum atomic E-state index is -0.181. The number of benzene rings is 1. The van der Waals surface area contributed by atoms with E-state index in [4.69, 9.17) is 0 Å². The van der Waals surface area contributed by atoms with Crippen molar-refractivity contribution in [2.45, 2.75) is 39.2 Å². The van der Waals surface area contributed by atoms with Gasteiger partial charge in [0.1, 0.15) is 17.0 Å². The predicted octanol–water partition coefficient (Wildman–Crippen LogP) is 4.16. The quantitative estimate of drug-likeness (QED) is 0.499. The average Bonchev–Trinajstić information content (AvgIpc) is 3.19. The Labute approximate surface area is 160 Å². The topological polar surface area (TPSA) is 86.5 Å². The van der Waals surface area contributed by atoms with Crippen molar-refractivity contribution in [2.75, 3.05) is 5.32 Å². The lowest BCUT2D eigenvalue weighted by atomic mass is 9.89. The summed E-state index contributed by atoms with van der Waals surface area (Å²) >= 11 is 1.81. The summed E-state index contributed by atoms with van der Waals surface area (Å²) in [5, 5.41) is 4.76. The second-order valence-electron chi connectivity index (χ2n) is 7.50. The minimum Gasteiger partial charge on any atom is -0.363 e. The molecule has 1 aromatic carbocycles. The Morgan fingerprint density at radius 2 is 2.11 bits per heavy atom. The number of H-pyrrole nitrogens is 2. The standard InChI is InChI=1S/C20H21N5OS/c1-10-3-5-13-16(7-10)27-19-17(13)18(21-9-22-19)23-11(2)12-4-6-14-15(8-12)25-20(26)24-14/h4,6,8-11H,3,5,7H2,1-2H3,(H,21,22,23)(H2,24,25,26)/t10-,11+/m0/s1. The number of rotatable bonds is 3. The summed E-state index contributed by atoms with van der Waals surface area (Å²) in [5.74, 6) is 1.64. The second kappa shape index (κ2) is 6.20. The minimum absolute atomic E-state index is 0.0592. The molecule has 4 aromatic rings. The fourth-order valence-electron chi connectivity index (χ4n) is 3.99. The number of nitrogens with one attached hydrogen (secondary N) is 3. The van der Waals surface area contributed by atoms with Gasteiger partial charge >= 0.3 is 5.69 Å². The van der Waals surface area contributed by atoms with E-state index in [-0.39, 0.29) is 11.7 Å². The largest absolute Gasteiger partial charge is 0.363 e. The van der Waals surface area contributed by atoms with Gasteiger partial charge in [-0.15, -0.1) is 11.3 Å². The average molecular weight is 379 g/mol. The second-order valence-corrected chi connectivity index (χ2v) is 8.59. The van der Waals surface area contributed by atoms with Crippen molar-refractivity contribution >= 4 is 38.4 Å². The van der Waals surface area contributed by atoms with E-state index in [0.29, 0.717) is 0 Å². The first-order chi connectivity index (χ1) is 13.1. The Hall–Kier alpha value is -2.67. The number of hydrogen-bond acceptors (Lipinski definition) is 5. The number of aromatic nitrogens is 4. The third kappa shape index (κ3) is 2.82. The van der Waals surface area contributed by atoms with Crippen LogP contribution in [-0.4, -0.2) is 19.9 Å². The highest BCUT2D eigenvalue weighted by Gasteiger charge is 2.23. The van der Waals surface area contributed by atoms with E-state index in [1.807, 2.05) is 29.5 Å². The highest BCUT2D eigenvalue weighted by Crippen LogP contribution is 2.40. The molecule has 0 amide bonds. The van der Waals surface area contributed by atoms with Crippen LogP contribution in [0.2, 0.25) is 0 Å². The lowest BCUT2D eigenvalue weighted by Gasteiger charge is -2.19. The van der Waals surface area contributed by atoms with Crippen LogP contribution < -0.4 is 11.0 Å². The number of aromatic amines is 2. The smallest absolute Gasteiger partial charge is 0.323 e. The number of nitrogens with zero attached hydrogens (tertiary/aromatic N) is 2. The Balaban J connectivity index is 1.52. The summed E-state index contributed by atoms with van der Waals surface area (Å²) in [4.78, 5) is 28.7. The first-order valence-corrected chi connectivity index (χ1v) is 10.1. The molecule has 7 heteroatoms. The fourth-order valence-corrected chi connectivity index (χ4v) is 5.34. The van der Waals surface area contributed by atoms with Crippen molar-refractivity contribution in [2.24, 2.45) is 5.92 Å². The number of hydrogen-bond donors (Lipinski definition) is 3. The molecule has 2 atom stereocenters. The summed E-state index contributed by atoms with van der Waals surface area (Å²) < 4.78 is 0. The van der Waals surface area contributed by atoms with E-state index in [2.05, 4.69) is 39.1 Å². The van der Waals surface area contributed by atoms with Crippen LogP contribution in [0.4, 0.5) is 5.82 Å². The predicted molar refractivity (Wildman–Crippen MR) is 110 cm³/mol. The van der Waals surface area contributed by atoms with Crippen molar-refractivity contribution < 1.29 is 0 Å². The van der Waals surface area contributed by atoms with Gasteiger partial charge in [0.05, 0.1) is 22.5 Å². The normalized spacial score (nSPS) is 17.9. The van der Waals surface area contributed by atoms with Crippen LogP contribution in [0.5, 0.6) is 0 Å². The summed E-state index contributed by atoms with van der Waals surface area (Å²) in [5.41, 5.74) is 3.98. The molecule has 138 valence electrons. The zero-order chi connectivity index (χ0) is 18.5. The Morgan fingerprint density at radius 3 is 3.00 bits per heavy atom. The maximum atomic E-state index is 11.5. The molecule has 0 saturated carbocycles. The Kier molecular flexibility index (Phi) is 3.79. The molecule has 0 aliphatic heterocycles. The van der Waals surface area contributed by atoms with E-state index >= 15 is 0 Å². The molecule has 0 spiro atoms. The summed E-state index contributed by atoms with van der Waals surface area (Å²) in [6, 6.07) is 6.04. The molecule has 5 rings (SSSR count). The van der Waals surface area contributed by atoms with Crippen LogP contribution in [0, 0.1) is 5.92 Å². The van der Waals surface area contributed by atoms with Crippen molar-refractivity contribution in [1.29, 1.82) is 0 Å². The molecular weight excluding hydrogens is 358 g/mol. The Bertz CT molecular complexity index is 1200. The van der Waals surface area contributed by atoms with Crippen LogP contribution in [-0.2, 0) is 12.8 Å². The van der Waals surface area contributed by atoms with Gasteiger partial charge < -0.3 is 15.3 Å². The zero-order valence-electron chi connectivity index (χ0n) is 15.3. The van der Waals surface area contributed by atoms with Gasteiger partial charge in [-0.25, -0.2) is 14.8 Å². The zero-order valence-corrected chi connectivity index (χ0v) is 16.1. The maximum absolute atomic E-state index is 11.5. The number of fused-ring (bicyclic) bond motifs is 4. The van der Waals surface area contributed by atoms with E-state index in [1.165, 1.54) is 22.2 Å². The molecule has 0 unspecified atom stereocenters. The van der Waals surface area contributed by atoms with Crippen LogP contribution in [0.15, 0.2) is 29.3 Å². The highest BCUT2D eigenvalue weighted by atomic mass is 32.1. The van der Waals surface area contributed by atoms with Crippen molar-refractivity contribution in [3.05, 3.63) is 51.0 Å². The van der Waals surface area contributed by atoms with Crippen molar-refractivity contribution in [3.63, 3.8) is 0 Å². The molecule has 27 heavy (non-hydrogen) atoms. The first kappa shape index (κ1) is 16.5. The highest BCUT2D eigenvalue weighted by molar-refractivity contribution is 7.19. The molecule has 3 heterocycles. The Morgan fingerprint density at radius 1 is 1.26 bits per heavy atom. The molecule has 3 N–H and O–H groups in total. The SMILES string of the molecule is C[C@H]1CCc2c(sc3ncnc(N[C@H](C)c4ccc5[nH]c(=O)[nH]c5c4)c23)C1. The number of thiophene rings is 1. The van der Waals surface area contributed by atoms with Crippen LogP contribution in [0.25, 0.3) is 21.3 Å². The van der Waals surface area contributed by atoms with Gasteiger partial charge in [0, 0.05) is 4.88 Å². The van der Waals surface area contributed by atoms with Crippen LogP contribution in [0.1, 0.15) is 42.3 Å². The summed E-state index contributed by atoms with van der Waals surface area (Å²) in [6.07, 6.45) is 5.11. The molecule has 1 aliphatic rings. The van der Waals surface area contributed by atoms with Crippen LogP contribution >= 0.6 is 11.3 Å². The third-order valence-corrected chi connectivity index (χ3v) is 6.65. The van der Waals surface area contributed by atoms with Gasteiger partial charge in [0.2, 0.25) is 0 Å². The van der Waals surface area contributed by atoms with Gasteiger partial charge in [-0.3, -0.25) is 0 Å². The van der Waals surface area contributed by atoms with E-state index in [1.54, 1.807) is 6.33 Å². The molecule has 1 aliphatic carbocycles. The number of aryl methyl sites for hydroxylation is 1. The summed E-state index contributed by atoms with van der Waals surface area (Å²) in [7, 11) is 0.